The van der Waals surface area contributed by atoms with Crippen LogP contribution in [0.2, 0.25) is 0 Å². The highest BCUT2D eigenvalue weighted by molar-refractivity contribution is 5.76. The van der Waals surface area contributed by atoms with E-state index >= 15 is 0 Å². The van der Waals surface area contributed by atoms with Crippen molar-refractivity contribution in [1.29, 1.82) is 0 Å². The van der Waals surface area contributed by atoms with Crippen LogP contribution in [0.5, 0.6) is 11.5 Å². The summed E-state index contributed by atoms with van der Waals surface area (Å²) in [4.78, 5) is 21.8. The smallest absolute Gasteiger partial charge is 0.231 e. The van der Waals surface area contributed by atoms with Crippen molar-refractivity contribution in [3.8, 4) is 11.5 Å². The van der Waals surface area contributed by atoms with Gasteiger partial charge in [0.05, 0.1) is 6.54 Å². The van der Waals surface area contributed by atoms with Gasteiger partial charge in [-0.05, 0) is 48.7 Å². The second-order valence-electron chi connectivity index (χ2n) is 8.26. The summed E-state index contributed by atoms with van der Waals surface area (Å²) in [5.74, 6) is 2.44. The topological polar surface area (TPSA) is 78.3 Å². The molecule has 2 aromatic heterocycles. The minimum atomic E-state index is 0.0204. The molecule has 5 rings (SSSR count). The van der Waals surface area contributed by atoms with E-state index in [2.05, 4.69) is 46.1 Å². The molecule has 0 spiro atoms. The van der Waals surface area contributed by atoms with Gasteiger partial charge in [-0.1, -0.05) is 35.9 Å². The summed E-state index contributed by atoms with van der Waals surface area (Å²) in [6.45, 7) is 3.50. The van der Waals surface area contributed by atoms with Crippen molar-refractivity contribution >= 4 is 17.1 Å². The van der Waals surface area contributed by atoms with Crippen LogP contribution in [-0.4, -0.2) is 27.2 Å². The second kappa shape index (κ2) is 9.32. The van der Waals surface area contributed by atoms with E-state index in [1.165, 1.54) is 11.1 Å². The number of imidazole rings is 1. The maximum atomic E-state index is 12.4. The van der Waals surface area contributed by atoms with Gasteiger partial charge in [-0.2, -0.15) is 0 Å². The van der Waals surface area contributed by atoms with Crippen molar-refractivity contribution in [2.24, 2.45) is 0 Å². The Bertz CT molecular complexity index is 1280. The molecule has 0 unspecified atom stereocenters. The van der Waals surface area contributed by atoms with Crippen molar-refractivity contribution in [3.05, 3.63) is 83.3 Å². The average molecular weight is 443 g/mol. The Balaban J connectivity index is 1.20. The summed E-state index contributed by atoms with van der Waals surface area (Å²) >= 11 is 0. The zero-order valence-electron chi connectivity index (χ0n) is 18.6. The Labute approximate surface area is 192 Å². The van der Waals surface area contributed by atoms with Crippen LogP contribution >= 0.6 is 0 Å². The van der Waals surface area contributed by atoms with Gasteiger partial charge in [0.15, 0.2) is 17.1 Å². The molecule has 4 aromatic rings. The number of ether oxygens (including phenoxy) is 2. The number of aryl methyl sites for hydroxylation is 2. The zero-order chi connectivity index (χ0) is 22.6. The number of nitrogens with zero attached hydrogens (tertiary/aromatic N) is 3. The van der Waals surface area contributed by atoms with Gasteiger partial charge in [0, 0.05) is 25.6 Å². The van der Waals surface area contributed by atoms with E-state index in [0.717, 1.165) is 34.1 Å². The molecule has 0 fully saturated rings. The molecule has 0 bridgehead atoms. The number of pyridine rings is 1. The lowest BCUT2D eigenvalue weighted by molar-refractivity contribution is -0.121. The van der Waals surface area contributed by atoms with Gasteiger partial charge >= 0.3 is 0 Å². The second-order valence-corrected chi connectivity index (χ2v) is 8.26. The minimum absolute atomic E-state index is 0.0204. The minimum Gasteiger partial charge on any atom is -0.454 e. The van der Waals surface area contributed by atoms with E-state index in [9.17, 15) is 4.79 Å². The van der Waals surface area contributed by atoms with E-state index in [1.54, 1.807) is 6.20 Å². The quantitative estimate of drug-likeness (QED) is 0.443. The molecule has 0 saturated heterocycles. The normalized spacial score (nSPS) is 12.3. The van der Waals surface area contributed by atoms with Crippen molar-refractivity contribution in [1.82, 2.24) is 19.9 Å². The van der Waals surface area contributed by atoms with Crippen LogP contribution in [0.25, 0.3) is 11.2 Å². The van der Waals surface area contributed by atoms with E-state index in [0.29, 0.717) is 32.4 Å². The SMILES string of the molecule is Cc1ccc(Cn2c(CCCC(=O)NCc3ccc4c(c3)OCO4)nc3cccnc32)cc1. The Hall–Kier alpha value is -3.87. The van der Waals surface area contributed by atoms with E-state index in [-0.39, 0.29) is 12.7 Å². The summed E-state index contributed by atoms with van der Waals surface area (Å²) in [5.41, 5.74) is 5.18. The third-order valence-corrected chi connectivity index (χ3v) is 5.78. The highest BCUT2D eigenvalue weighted by Gasteiger charge is 2.15. The van der Waals surface area contributed by atoms with E-state index < -0.39 is 0 Å². The first-order valence-electron chi connectivity index (χ1n) is 11.2. The molecule has 0 radical (unpaired) electrons. The number of amides is 1. The Morgan fingerprint density at radius 1 is 1.06 bits per heavy atom. The molecular formula is C26H26N4O3. The average Bonchev–Trinajstić information content (AvgIpc) is 3.43. The number of benzene rings is 2. The molecule has 0 atom stereocenters. The lowest BCUT2D eigenvalue weighted by atomic mass is 10.1. The van der Waals surface area contributed by atoms with Crippen molar-refractivity contribution in [2.45, 2.75) is 39.3 Å². The number of carbonyl (C=O) groups excluding carboxylic acids is 1. The summed E-state index contributed by atoms with van der Waals surface area (Å²) < 4.78 is 12.9. The fourth-order valence-electron chi connectivity index (χ4n) is 3.99. The summed E-state index contributed by atoms with van der Waals surface area (Å²) in [6.07, 6.45) is 3.65. The molecule has 3 heterocycles. The third kappa shape index (κ3) is 4.82. The van der Waals surface area contributed by atoms with Crippen LogP contribution in [-0.2, 0) is 24.3 Å². The predicted octanol–water partition coefficient (Wildman–Crippen LogP) is 4.16. The van der Waals surface area contributed by atoms with Gasteiger partial charge in [-0.15, -0.1) is 0 Å². The lowest BCUT2D eigenvalue weighted by Gasteiger charge is -2.10. The fourth-order valence-corrected chi connectivity index (χ4v) is 3.99. The molecule has 1 aliphatic rings. The van der Waals surface area contributed by atoms with Gasteiger partial charge in [-0.3, -0.25) is 4.79 Å². The number of fused-ring (bicyclic) bond motifs is 2. The first kappa shape index (κ1) is 21.0. The Morgan fingerprint density at radius 3 is 2.76 bits per heavy atom. The lowest BCUT2D eigenvalue weighted by Crippen LogP contribution is -2.22. The summed E-state index contributed by atoms with van der Waals surface area (Å²) in [6, 6.07) is 18.1. The van der Waals surface area contributed by atoms with Crippen molar-refractivity contribution < 1.29 is 14.3 Å². The molecule has 168 valence electrons. The van der Waals surface area contributed by atoms with Crippen molar-refractivity contribution in [2.75, 3.05) is 6.79 Å². The highest BCUT2D eigenvalue weighted by atomic mass is 16.7. The molecule has 7 heteroatoms. The number of hydrogen-bond acceptors (Lipinski definition) is 5. The first-order chi connectivity index (χ1) is 16.2. The van der Waals surface area contributed by atoms with Crippen molar-refractivity contribution in [3.63, 3.8) is 0 Å². The van der Waals surface area contributed by atoms with Crippen LogP contribution in [0.3, 0.4) is 0 Å². The van der Waals surface area contributed by atoms with Crippen LogP contribution in [0.4, 0.5) is 0 Å². The Morgan fingerprint density at radius 2 is 1.88 bits per heavy atom. The molecule has 0 aliphatic carbocycles. The number of aromatic nitrogens is 3. The molecule has 7 nitrogen and oxygen atoms in total. The number of carbonyl (C=O) groups is 1. The maximum Gasteiger partial charge on any atom is 0.231 e. The molecule has 33 heavy (non-hydrogen) atoms. The number of rotatable bonds is 8. The largest absolute Gasteiger partial charge is 0.454 e. The van der Waals surface area contributed by atoms with Crippen LogP contribution in [0, 0.1) is 6.92 Å². The molecule has 1 aliphatic heterocycles. The maximum absolute atomic E-state index is 12.4. The van der Waals surface area contributed by atoms with Gasteiger partial charge in [0.25, 0.3) is 0 Å². The Kier molecular flexibility index (Phi) is 5.93. The number of nitrogens with one attached hydrogen (secondary N) is 1. The van der Waals surface area contributed by atoms with Crippen LogP contribution < -0.4 is 14.8 Å². The molecule has 1 N–H and O–H groups in total. The molecule has 0 saturated carbocycles. The molecule has 1 amide bonds. The zero-order valence-corrected chi connectivity index (χ0v) is 18.6. The molecular weight excluding hydrogens is 416 g/mol. The summed E-state index contributed by atoms with van der Waals surface area (Å²) in [5, 5.41) is 2.99. The van der Waals surface area contributed by atoms with Crippen LogP contribution in [0.1, 0.15) is 35.4 Å². The van der Waals surface area contributed by atoms with Gasteiger partial charge in [0.1, 0.15) is 11.3 Å². The first-order valence-corrected chi connectivity index (χ1v) is 11.2. The summed E-state index contributed by atoms with van der Waals surface area (Å²) in [7, 11) is 0. The van der Waals surface area contributed by atoms with E-state index in [1.807, 2.05) is 30.3 Å². The monoisotopic (exact) mass is 442 g/mol. The van der Waals surface area contributed by atoms with Gasteiger partial charge in [0.2, 0.25) is 12.7 Å². The number of hydrogen-bond donors (Lipinski definition) is 1. The van der Waals surface area contributed by atoms with E-state index in [4.69, 9.17) is 14.5 Å². The van der Waals surface area contributed by atoms with Crippen LogP contribution in [0.15, 0.2) is 60.8 Å². The predicted molar refractivity (Wildman–Crippen MR) is 125 cm³/mol. The molecule has 2 aromatic carbocycles. The fraction of sp³-hybridized carbons (Fsp3) is 0.269. The van der Waals surface area contributed by atoms with Gasteiger partial charge in [-0.25, -0.2) is 9.97 Å². The highest BCUT2D eigenvalue weighted by Crippen LogP contribution is 2.32. The third-order valence-electron chi connectivity index (χ3n) is 5.78. The van der Waals surface area contributed by atoms with Gasteiger partial charge < -0.3 is 19.4 Å². The standard InChI is InChI=1S/C26H26N4O3/c1-18-7-9-19(10-8-18)16-30-24(29-21-4-3-13-27-26(21)30)5-2-6-25(31)28-15-20-11-12-22-23(14-20)33-17-32-22/h3-4,7-14H,2,5-6,15-17H2,1H3,(H,28,31).